The minimum Gasteiger partial charge on any atom is -0.370 e. The number of pyridine rings is 1. The molecule has 0 radical (unpaired) electrons. The van der Waals surface area contributed by atoms with Crippen LogP contribution in [0.3, 0.4) is 0 Å². The van der Waals surface area contributed by atoms with E-state index in [0.717, 1.165) is 31.2 Å². The second kappa shape index (κ2) is 6.74. The molecule has 0 atom stereocenters. The standard InChI is InChI=1S/C15H25N3/c1-3-9-16-15-8-7-14(10-17-15)12-18(2)11-13-5-4-6-13/h7-8,10,13H,3-6,9,11-12H2,1-2H3,(H,16,17). The van der Waals surface area contributed by atoms with Gasteiger partial charge in [0.2, 0.25) is 0 Å². The number of rotatable bonds is 7. The zero-order chi connectivity index (χ0) is 12.8. The first-order valence-electron chi connectivity index (χ1n) is 7.15. The highest BCUT2D eigenvalue weighted by atomic mass is 15.1. The molecule has 0 spiro atoms. The van der Waals surface area contributed by atoms with Gasteiger partial charge in [0.15, 0.2) is 0 Å². The average Bonchev–Trinajstić information content (AvgIpc) is 2.33. The van der Waals surface area contributed by atoms with Crippen molar-refractivity contribution >= 4 is 5.82 Å². The van der Waals surface area contributed by atoms with Crippen molar-refractivity contribution in [1.29, 1.82) is 0 Å². The molecule has 100 valence electrons. The molecule has 1 aromatic rings. The molecule has 3 heteroatoms. The van der Waals surface area contributed by atoms with Crippen molar-refractivity contribution in [2.24, 2.45) is 5.92 Å². The molecule has 1 fully saturated rings. The maximum Gasteiger partial charge on any atom is 0.125 e. The number of nitrogens with one attached hydrogen (secondary N) is 1. The Morgan fingerprint density at radius 3 is 2.78 bits per heavy atom. The van der Waals surface area contributed by atoms with Crippen LogP contribution in [0.25, 0.3) is 0 Å². The van der Waals surface area contributed by atoms with E-state index in [4.69, 9.17) is 0 Å². The Hall–Kier alpha value is -1.09. The maximum absolute atomic E-state index is 4.44. The monoisotopic (exact) mass is 247 g/mol. The third-order valence-corrected chi connectivity index (χ3v) is 3.63. The Kier molecular flexibility index (Phi) is 5.00. The van der Waals surface area contributed by atoms with Gasteiger partial charge in [-0.05, 0) is 43.9 Å². The van der Waals surface area contributed by atoms with Crippen LogP contribution in [0.15, 0.2) is 18.3 Å². The Bertz CT molecular complexity index is 343. The zero-order valence-corrected chi connectivity index (χ0v) is 11.7. The van der Waals surface area contributed by atoms with Crippen LogP contribution < -0.4 is 5.32 Å². The van der Waals surface area contributed by atoms with E-state index in [1.807, 2.05) is 6.20 Å². The molecule has 18 heavy (non-hydrogen) atoms. The van der Waals surface area contributed by atoms with Crippen molar-refractivity contribution < 1.29 is 0 Å². The van der Waals surface area contributed by atoms with E-state index < -0.39 is 0 Å². The number of aromatic nitrogens is 1. The molecule has 2 rings (SSSR count). The average molecular weight is 247 g/mol. The van der Waals surface area contributed by atoms with Crippen molar-refractivity contribution in [2.75, 3.05) is 25.5 Å². The largest absolute Gasteiger partial charge is 0.370 e. The first kappa shape index (κ1) is 13.3. The molecule has 1 heterocycles. The van der Waals surface area contributed by atoms with E-state index in [1.165, 1.54) is 31.4 Å². The summed E-state index contributed by atoms with van der Waals surface area (Å²) in [5.41, 5.74) is 1.30. The summed E-state index contributed by atoms with van der Waals surface area (Å²) >= 11 is 0. The summed E-state index contributed by atoms with van der Waals surface area (Å²) in [6.07, 6.45) is 7.39. The Balaban J connectivity index is 1.77. The van der Waals surface area contributed by atoms with Gasteiger partial charge in [0.05, 0.1) is 0 Å². The Labute approximate surface area is 111 Å². The normalized spacial score (nSPS) is 15.7. The lowest BCUT2D eigenvalue weighted by atomic mass is 9.85. The molecule has 1 aromatic heterocycles. The van der Waals surface area contributed by atoms with Crippen LogP contribution in [0.2, 0.25) is 0 Å². The van der Waals surface area contributed by atoms with Crippen LogP contribution >= 0.6 is 0 Å². The molecule has 1 saturated carbocycles. The van der Waals surface area contributed by atoms with Gasteiger partial charge in [-0.25, -0.2) is 4.98 Å². The molecular formula is C15H25N3. The van der Waals surface area contributed by atoms with E-state index in [-0.39, 0.29) is 0 Å². The summed E-state index contributed by atoms with van der Waals surface area (Å²) in [4.78, 5) is 6.86. The third kappa shape index (κ3) is 3.98. The fourth-order valence-corrected chi connectivity index (χ4v) is 2.37. The summed E-state index contributed by atoms with van der Waals surface area (Å²) in [7, 11) is 2.21. The van der Waals surface area contributed by atoms with Crippen molar-refractivity contribution in [3.63, 3.8) is 0 Å². The van der Waals surface area contributed by atoms with Crippen molar-refractivity contribution in [3.05, 3.63) is 23.9 Å². The Morgan fingerprint density at radius 1 is 1.39 bits per heavy atom. The molecule has 0 bridgehead atoms. The first-order chi connectivity index (χ1) is 8.78. The van der Waals surface area contributed by atoms with Gasteiger partial charge in [-0.2, -0.15) is 0 Å². The third-order valence-electron chi connectivity index (χ3n) is 3.63. The Morgan fingerprint density at radius 2 is 2.22 bits per heavy atom. The van der Waals surface area contributed by atoms with Crippen LogP contribution in [-0.2, 0) is 6.54 Å². The van der Waals surface area contributed by atoms with Gasteiger partial charge in [0.1, 0.15) is 5.82 Å². The van der Waals surface area contributed by atoms with Gasteiger partial charge in [-0.15, -0.1) is 0 Å². The molecule has 1 aliphatic carbocycles. The number of nitrogens with zero attached hydrogens (tertiary/aromatic N) is 2. The fourth-order valence-electron chi connectivity index (χ4n) is 2.37. The first-order valence-corrected chi connectivity index (χ1v) is 7.15. The lowest BCUT2D eigenvalue weighted by Gasteiger charge is -2.30. The second-order valence-electron chi connectivity index (χ2n) is 5.47. The van der Waals surface area contributed by atoms with Gasteiger partial charge < -0.3 is 10.2 Å². The number of hydrogen-bond donors (Lipinski definition) is 1. The number of hydrogen-bond acceptors (Lipinski definition) is 3. The highest BCUT2D eigenvalue weighted by molar-refractivity contribution is 5.35. The number of anilines is 1. The van der Waals surface area contributed by atoms with E-state index in [1.54, 1.807) is 0 Å². The highest BCUT2D eigenvalue weighted by Gasteiger charge is 2.18. The maximum atomic E-state index is 4.44. The van der Waals surface area contributed by atoms with Crippen LogP contribution in [0, 0.1) is 5.92 Å². The predicted octanol–water partition coefficient (Wildman–Crippen LogP) is 3.14. The smallest absolute Gasteiger partial charge is 0.125 e. The summed E-state index contributed by atoms with van der Waals surface area (Å²) in [5.74, 6) is 1.93. The van der Waals surface area contributed by atoms with E-state index in [9.17, 15) is 0 Å². The lowest BCUT2D eigenvalue weighted by Crippen LogP contribution is -2.29. The summed E-state index contributed by atoms with van der Waals surface area (Å²) in [6, 6.07) is 4.27. The van der Waals surface area contributed by atoms with Crippen LogP contribution in [0.4, 0.5) is 5.82 Å². The van der Waals surface area contributed by atoms with Gasteiger partial charge in [-0.3, -0.25) is 0 Å². The van der Waals surface area contributed by atoms with Crippen LogP contribution in [-0.4, -0.2) is 30.0 Å². The summed E-state index contributed by atoms with van der Waals surface area (Å²) < 4.78 is 0. The fraction of sp³-hybridized carbons (Fsp3) is 0.667. The van der Waals surface area contributed by atoms with Gasteiger partial charge >= 0.3 is 0 Å². The topological polar surface area (TPSA) is 28.2 Å². The molecule has 1 N–H and O–H groups in total. The molecule has 0 aliphatic heterocycles. The molecule has 0 amide bonds. The summed E-state index contributed by atoms with van der Waals surface area (Å²) in [5, 5.41) is 3.30. The van der Waals surface area contributed by atoms with Crippen molar-refractivity contribution in [3.8, 4) is 0 Å². The van der Waals surface area contributed by atoms with E-state index in [0.29, 0.717) is 0 Å². The molecule has 3 nitrogen and oxygen atoms in total. The second-order valence-corrected chi connectivity index (χ2v) is 5.47. The van der Waals surface area contributed by atoms with E-state index in [2.05, 4.69) is 41.3 Å². The van der Waals surface area contributed by atoms with Crippen molar-refractivity contribution in [2.45, 2.75) is 39.2 Å². The van der Waals surface area contributed by atoms with Gasteiger partial charge in [0.25, 0.3) is 0 Å². The molecule has 1 aliphatic rings. The predicted molar refractivity (Wildman–Crippen MR) is 76.7 cm³/mol. The van der Waals surface area contributed by atoms with Gasteiger partial charge in [-0.1, -0.05) is 19.4 Å². The minimum atomic E-state index is 0.938. The summed E-state index contributed by atoms with van der Waals surface area (Å²) in [6.45, 7) is 5.40. The highest BCUT2D eigenvalue weighted by Crippen LogP contribution is 2.27. The van der Waals surface area contributed by atoms with Gasteiger partial charge in [0, 0.05) is 25.8 Å². The van der Waals surface area contributed by atoms with E-state index >= 15 is 0 Å². The zero-order valence-electron chi connectivity index (χ0n) is 11.7. The molecule has 0 saturated heterocycles. The quantitative estimate of drug-likeness (QED) is 0.802. The van der Waals surface area contributed by atoms with Crippen LogP contribution in [0.5, 0.6) is 0 Å². The minimum absolute atomic E-state index is 0.938. The molecular weight excluding hydrogens is 222 g/mol. The SMILES string of the molecule is CCCNc1ccc(CN(C)CC2CCC2)cn1. The lowest BCUT2D eigenvalue weighted by molar-refractivity contribution is 0.200. The van der Waals surface area contributed by atoms with Crippen LogP contribution in [0.1, 0.15) is 38.2 Å². The molecule has 0 aromatic carbocycles. The molecule has 0 unspecified atom stereocenters. The van der Waals surface area contributed by atoms with Crippen molar-refractivity contribution in [1.82, 2.24) is 9.88 Å².